The van der Waals surface area contributed by atoms with Gasteiger partial charge < -0.3 is 38.3 Å². The van der Waals surface area contributed by atoms with Crippen molar-refractivity contribution in [1.29, 1.82) is 0 Å². The molecule has 4 atom stereocenters. The van der Waals surface area contributed by atoms with Crippen LogP contribution in [0.4, 0.5) is 0 Å². The Labute approximate surface area is 181 Å². The number of carbonyl (C=O) groups excluding carboxylic acids is 3. The fraction of sp³-hybridized carbons (Fsp3) is 0.706. The highest BCUT2D eigenvalue weighted by Gasteiger charge is 2.29. The molecule has 0 rings (SSSR count). The first-order valence-electron chi connectivity index (χ1n) is 9.46. The molecule has 0 saturated heterocycles. The summed E-state index contributed by atoms with van der Waals surface area (Å²) < 4.78 is 0. The van der Waals surface area contributed by atoms with Crippen LogP contribution in [0.3, 0.4) is 0 Å². The number of thiol groups is 1. The molecule has 0 aromatic carbocycles. The van der Waals surface area contributed by atoms with Crippen molar-refractivity contribution in [2.75, 3.05) is 12.3 Å². The summed E-state index contributed by atoms with van der Waals surface area (Å²) in [5.41, 5.74) is 16.1. The number of nitrogens with one attached hydrogen (secondary N) is 3. The van der Waals surface area contributed by atoms with E-state index in [0.29, 0.717) is 6.42 Å². The van der Waals surface area contributed by atoms with Crippen LogP contribution >= 0.6 is 12.6 Å². The number of hydrogen-bond acceptors (Lipinski definition) is 7. The van der Waals surface area contributed by atoms with Gasteiger partial charge in [-0.05, 0) is 25.7 Å². The van der Waals surface area contributed by atoms with E-state index >= 15 is 0 Å². The molecule has 12 nitrogen and oxygen atoms in total. The van der Waals surface area contributed by atoms with E-state index in [1.54, 1.807) is 13.8 Å². The summed E-state index contributed by atoms with van der Waals surface area (Å²) in [5.74, 6) is -3.43. The first-order valence-corrected chi connectivity index (χ1v) is 10.1. The monoisotopic (exact) mass is 447 g/mol. The predicted molar refractivity (Wildman–Crippen MR) is 116 cm³/mol. The average Bonchev–Trinajstić information content (AvgIpc) is 2.66. The lowest BCUT2D eigenvalue weighted by atomic mass is 10.0. The van der Waals surface area contributed by atoms with Crippen molar-refractivity contribution in [2.45, 2.75) is 57.8 Å². The van der Waals surface area contributed by atoms with Crippen molar-refractivity contribution >= 4 is 42.3 Å². The quantitative estimate of drug-likeness (QED) is 0.0652. The van der Waals surface area contributed by atoms with Crippen LogP contribution in [0.5, 0.6) is 0 Å². The molecule has 0 aliphatic heterocycles. The normalized spacial score (nSPS) is 14.7. The lowest BCUT2D eigenvalue weighted by molar-refractivity contribution is -0.143. The van der Waals surface area contributed by atoms with Crippen molar-refractivity contribution in [3.63, 3.8) is 0 Å². The molecule has 0 heterocycles. The zero-order chi connectivity index (χ0) is 23.4. The molecule has 0 fully saturated rings. The van der Waals surface area contributed by atoms with Gasteiger partial charge in [0, 0.05) is 12.3 Å². The third-order valence-corrected chi connectivity index (χ3v) is 4.49. The van der Waals surface area contributed by atoms with Crippen molar-refractivity contribution < 1.29 is 24.3 Å². The number of nitrogens with two attached hydrogens (primary N) is 3. The third kappa shape index (κ3) is 10.3. The van der Waals surface area contributed by atoms with Gasteiger partial charge in [0.2, 0.25) is 17.7 Å². The van der Waals surface area contributed by atoms with Gasteiger partial charge >= 0.3 is 5.97 Å². The van der Waals surface area contributed by atoms with Crippen LogP contribution in [0.25, 0.3) is 0 Å². The smallest absolute Gasteiger partial charge is 0.326 e. The van der Waals surface area contributed by atoms with Gasteiger partial charge in [-0.15, -0.1) is 0 Å². The molecule has 0 radical (unpaired) electrons. The molecular formula is C17H33N7O5S. The zero-order valence-corrected chi connectivity index (χ0v) is 18.3. The number of carboxylic acid groups (broad SMARTS) is 1. The average molecular weight is 448 g/mol. The Bertz CT molecular complexity index is 640. The number of guanidine groups is 1. The summed E-state index contributed by atoms with van der Waals surface area (Å²) in [7, 11) is 0. The molecule has 0 aromatic rings. The van der Waals surface area contributed by atoms with Crippen LogP contribution < -0.4 is 33.2 Å². The van der Waals surface area contributed by atoms with Gasteiger partial charge in [-0.2, -0.15) is 12.6 Å². The molecule has 30 heavy (non-hydrogen) atoms. The number of aliphatic carboxylic acids is 1. The van der Waals surface area contributed by atoms with Crippen LogP contribution in [-0.2, 0) is 19.2 Å². The topological polar surface area (TPSA) is 215 Å². The van der Waals surface area contributed by atoms with Crippen LogP contribution in [0.2, 0.25) is 0 Å². The van der Waals surface area contributed by atoms with Gasteiger partial charge in [0.15, 0.2) is 5.96 Å². The number of carbonyl (C=O) groups is 4. The van der Waals surface area contributed by atoms with Gasteiger partial charge in [-0.3, -0.25) is 19.4 Å². The first-order chi connectivity index (χ1) is 13.9. The second-order valence-corrected chi connectivity index (χ2v) is 7.46. The predicted octanol–water partition coefficient (Wildman–Crippen LogP) is -2.49. The number of amides is 3. The fourth-order valence-electron chi connectivity index (χ4n) is 2.31. The van der Waals surface area contributed by atoms with Crippen LogP contribution in [-0.4, -0.2) is 71.2 Å². The van der Waals surface area contributed by atoms with Gasteiger partial charge in [0.25, 0.3) is 0 Å². The minimum atomic E-state index is -1.19. The third-order valence-electron chi connectivity index (χ3n) is 4.09. The largest absolute Gasteiger partial charge is 0.480 e. The summed E-state index contributed by atoms with van der Waals surface area (Å²) in [6, 6.07) is -4.04. The molecule has 0 aliphatic carbocycles. The van der Waals surface area contributed by atoms with Crippen molar-refractivity contribution in [1.82, 2.24) is 16.0 Å². The zero-order valence-electron chi connectivity index (χ0n) is 17.4. The molecule has 0 aliphatic rings. The molecule has 4 unspecified atom stereocenters. The maximum Gasteiger partial charge on any atom is 0.326 e. The maximum atomic E-state index is 12.6. The van der Waals surface area contributed by atoms with E-state index in [1.165, 1.54) is 6.92 Å². The van der Waals surface area contributed by atoms with E-state index in [1.807, 2.05) is 0 Å². The highest BCUT2D eigenvalue weighted by Crippen LogP contribution is 2.05. The Morgan fingerprint density at radius 2 is 1.60 bits per heavy atom. The van der Waals surface area contributed by atoms with E-state index < -0.39 is 47.9 Å². The SMILES string of the molecule is CC(NC(=O)C(N)CS)C(=O)NC(CCCN=C(N)N)C(=O)NC(C(=O)O)C(C)C. The Morgan fingerprint density at radius 3 is 2.07 bits per heavy atom. The first kappa shape index (κ1) is 27.5. The molecule has 3 amide bonds. The Morgan fingerprint density at radius 1 is 1.00 bits per heavy atom. The van der Waals surface area contributed by atoms with Crippen LogP contribution in [0.1, 0.15) is 33.6 Å². The van der Waals surface area contributed by atoms with Crippen molar-refractivity contribution in [3.8, 4) is 0 Å². The molecular weight excluding hydrogens is 414 g/mol. The second-order valence-electron chi connectivity index (χ2n) is 7.10. The molecule has 0 spiro atoms. The molecule has 0 aromatic heterocycles. The van der Waals surface area contributed by atoms with E-state index in [-0.39, 0.29) is 30.6 Å². The lowest BCUT2D eigenvalue weighted by Gasteiger charge is -2.24. The van der Waals surface area contributed by atoms with Crippen molar-refractivity contribution in [2.24, 2.45) is 28.1 Å². The molecule has 172 valence electrons. The lowest BCUT2D eigenvalue weighted by Crippen LogP contribution is -2.57. The Hall–Kier alpha value is -2.54. The van der Waals surface area contributed by atoms with Gasteiger partial charge in [-0.1, -0.05) is 13.8 Å². The summed E-state index contributed by atoms with van der Waals surface area (Å²) >= 11 is 3.92. The number of rotatable bonds is 13. The fourth-order valence-corrected chi connectivity index (χ4v) is 2.47. The summed E-state index contributed by atoms with van der Waals surface area (Å²) in [4.78, 5) is 52.1. The van der Waals surface area contributed by atoms with Crippen LogP contribution in [0.15, 0.2) is 4.99 Å². The van der Waals surface area contributed by atoms with Gasteiger partial charge in [-0.25, -0.2) is 4.79 Å². The second kappa shape index (κ2) is 13.6. The minimum absolute atomic E-state index is 0.0990. The Kier molecular flexibility index (Phi) is 12.5. The summed E-state index contributed by atoms with van der Waals surface area (Å²) in [5, 5.41) is 16.7. The van der Waals surface area contributed by atoms with E-state index in [2.05, 4.69) is 33.6 Å². The van der Waals surface area contributed by atoms with Crippen molar-refractivity contribution in [3.05, 3.63) is 0 Å². The minimum Gasteiger partial charge on any atom is -0.480 e. The Balaban J connectivity index is 5.20. The molecule has 0 bridgehead atoms. The molecule has 10 N–H and O–H groups in total. The standard InChI is InChI=1S/C17H33N7O5S/c1-8(2)12(16(28)29)24-15(27)11(5-4-6-21-17(19)20)23-13(25)9(3)22-14(26)10(18)7-30/h8-12,30H,4-7,18H2,1-3H3,(H,22,26)(H,23,25)(H,24,27)(H,28,29)(H4,19,20,21). The maximum absolute atomic E-state index is 12.6. The number of nitrogens with zero attached hydrogens (tertiary/aromatic N) is 1. The van der Waals surface area contributed by atoms with E-state index in [4.69, 9.17) is 17.2 Å². The van der Waals surface area contributed by atoms with Gasteiger partial charge in [0.05, 0.1) is 6.04 Å². The van der Waals surface area contributed by atoms with E-state index in [9.17, 15) is 24.3 Å². The van der Waals surface area contributed by atoms with E-state index in [0.717, 1.165) is 0 Å². The summed E-state index contributed by atoms with van der Waals surface area (Å²) in [6.07, 6.45) is 0.497. The number of carboxylic acids is 1. The van der Waals surface area contributed by atoms with Crippen LogP contribution in [0, 0.1) is 5.92 Å². The van der Waals surface area contributed by atoms with Gasteiger partial charge in [0.1, 0.15) is 18.1 Å². The summed E-state index contributed by atoms with van der Waals surface area (Å²) in [6.45, 7) is 4.94. The highest BCUT2D eigenvalue weighted by atomic mass is 32.1. The molecule has 13 heteroatoms. The molecule has 0 saturated carbocycles. The number of aliphatic imine (C=N–C) groups is 1. The highest BCUT2D eigenvalue weighted by molar-refractivity contribution is 7.80. The number of hydrogen-bond donors (Lipinski definition) is 8.